The van der Waals surface area contributed by atoms with Crippen LogP contribution in [0, 0.1) is 11.8 Å². The summed E-state index contributed by atoms with van der Waals surface area (Å²) < 4.78 is 0. The molecular weight excluding hydrogens is 516 g/mol. The van der Waals surface area contributed by atoms with Crippen molar-refractivity contribution in [2.75, 3.05) is 0 Å². The van der Waals surface area contributed by atoms with Crippen LogP contribution in [0.15, 0.2) is 84.0 Å². The third-order valence-electron chi connectivity index (χ3n) is 11.5. The first kappa shape index (κ1) is 33.8. The zero-order valence-corrected chi connectivity index (χ0v) is 28.5. The van der Waals surface area contributed by atoms with Gasteiger partial charge in [0.2, 0.25) is 0 Å². The molecule has 2 atom stereocenters. The molecule has 2 aromatic rings. The minimum absolute atomic E-state index is 0.00804. The lowest BCUT2D eigenvalue weighted by atomic mass is 9.44. The molecule has 0 N–H and O–H groups in total. The van der Waals surface area contributed by atoms with Gasteiger partial charge >= 0.3 is 0 Å². The Morgan fingerprint density at radius 3 is 1.84 bits per heavy atom. The Bertz CT molecular complexity index is 1100. The topological polar surface area (TPSA) is 0 Å². The Morgan fingerprint density at radius 2 is 1.23 bits per heavy atom. The maximum Gasteiger partial charge on any atom is 0.0289 e. The van der Waals surface area contributed by atoms with E-state index in [0.717, 1.165) is 0 Å². The summed E-state index contributed by atoms with van der Waals surface area (Å²) in [6.45, 7) is 9.74. The summed E-state index contributed by atoms with van der Waals surface area (Å²) in [5, 5.41) is 0. The Balaban J connectivity index is 2.13. The van der Waals surface area contributed by atoms with Crippen molar-refractivity contribution < 1.29 is 0 Å². The van der Waals surface area contributed by atoms with Gasteiger partial charge in [-0.2, -0.15) is 0 Å². The van der Waals surface area contributed by atoms with Crippen molar-refractivity contribution in [2.45, 2.75) is 161 Å². The zero-order valence-electron chi connectivity index (χ0n) is 28.5. The number of hydrogen-bond acceptors (Lipinski definition) is 0. The lowest BCUT2D eigenvalue weighted by molar-refractivity contribution is 0.105. The third-order valence-corrected chi connectivity index (χ3v) is 11.5. The molecule has 0 saturated heterocycles. The van der Waals surface area contributed by atoms with Gasteiger partial charge in [-0.1, -0.05) is 176 Å². The van der Waals surface area contributed by atoms with Crippen LogP contribution in [-0.2, 0) is 10.8 Å². The maximum absolute atomic E-state index is 2.64. The summed E-state index contributed by atoms with van der Waals surface area (Å²) in [7, 11) is 0. The first-order valence-corrected chi connectivity index (χ1v) is 18.6. The van der Waals surface area contributed by atoms with E-state index in [1.807, 2.05) is 0 Å². The summed E-state index contributed by atoms with van der Waals surface area (Å²) in [6.07, 6.45) is 30.4. The maximum atomic E-state index is 2.64. The average Bonchev–Trinajstić information content (AvgIpc) is 3.60. The minimum atomic E-state index is -0.00804. The van der Waals surface area contributed by atoms with Gasteiger partial charge in [-0.25, -0.2) is 0 Å². The summed E-state index contributed by atoms with van der Waals surface area (Å²) >= 11 is 0. The second kappa shape index (κ2) is 17.4. The molecular formula is C43H64. The fourth-order valence-corrected chi connectivity index (χ4v) is 9.55. The molecule has 0 bridgehead atoms. The molecule has 0 aliphatic heterocycles. The molecule has 2 aromatic carbocycles. The van der Waals surface area contributed by atoms with E-state index in [9.17, 15) is 0 Å². The van der Waals surface area contributed by atoms with Gasteiger partial charge in [0.15, 0.2) is 0 Å². The van der Waals surface area contributed by atoms with Crippen LogP contribution in [0.1, 0.15) is 161 Å². The van der Waals surface area contributed by atoms with Crippen molar-refractivity contribution in [3.8, 4) is 0 Å². The molecule has 4 rings (SSSR count). The van der Waals surface area contributed by atoms with Crippen molar-refractivity contribution in [1.29, 1.82) is 0 Å². The molecule has 0 spiro atoms. The first-order chi connectivity index (χ1) is 21.2. The van der Waals surface area contributed by atoms with Crippen LogP contribution >= 0.6 is 0 Å². The molecule has 2 fully saturated rings. The summed E-state index contributed by atoms with van der Waals surface area (Å²) in [4.78, 5) is 0. The molecule has 0 amide bonds. The normalized spacial score (nSPS) is 20.2. The molecule has 2 unspecified atom stereocenters. The van der Waals surface area contributed by atoms with E-state index in [1.165, 1.54) is 122 Å². The number of unbranched alkanes of at least 4 members (excludes halogenated alkanes) is 5. The highest BCUT2D eigenvalue weighted by Crippen LogP contribution is 2.62. The summed E-state index contributed by atoms with van der Waals surface area (Å²) in [5.41, 5.74) is 6.73. The van der Waals surface area contributed by atoms with Crippen molar-refractivity contribution in [2.24, 2.45) is 11.8 Å². The van der Waals surface area contributed by atoms with Crippen molar-refractivity contribution in [3.63, 3.8) is 0 Å². The lowest BCUT2D eigenvalue weighted by Gasteiger charge is -2.59. The second-order valence-corrected chi connectivity index (χ2v) is 14.1. The fourth-order valence-electron chi connectivity index (χ4n) is 9.55. The number of rotatable bonds is 17. The van der Waals surface area contributed by atoms with Crippen LogP contribution in [0.5, 0.6) is 0 Å². The third kappa shape index (κ3) is 7.60. The van der Waals surface area contributed by atoms with E-state index in [4.69, 9.17) is 0 Å². The number of allylic oxidation sites excluding steroid dienone is 4. The predicted molar refractivity (Wildman–Crippen MR) is 190 cm³/mol. The smallest absolute Gasteiger partial charge is 0.0289 e. The molecule has 2 saturated carbocycles. The molecule has 236 valence electrons. The Morgan fingerprint density at radius 1 is 0.651 bits per heavy atom. The van der Waals surface area contributed by atoms with Crippen molar-refractivity contribution in [3.05, 3.63) is 95.1 Å². The monoisotopic (exact) mass is 581 g/mol. The van der Waals surface area contributed by atoms with Gasteiger partial charge < -0.3 is 0 Å². The molecule has 0 radical (unpaired) electrons. The molecule has 0 aromatic heterocycles. The Kier molecular flexibility index (Phi) is 13.7. The van der Waals surface area contributed by atoms with E-state index < -0.39 is 0 Å². The Labute approximate surface area is 266 Å². The van der Waals surface area contributed by atoms with E-state index >= 15 is 0 Å². The second-order valence-electron chi connectivity index (χ2n) is 14.1. The summed E-state index contributed by atoms with van der Waals surface area (Å²) in [5.74, 6) is 1.38. The van der Waals surface area contributed by atoms with Crippen LogP contribution in [0.4, 0.5) is 0 Å². The van der Waals surface area contributed by atoms with Gasteiger partial charge in [-0.3, -0.25) is 0 Å². The predicted octanol–water partition coefficient (Wildman–Crippen LogP) is 13.5. The van der Waals surface area contributed by atoms with Gasteiger partial charge in [0.1, 0.15) is 0 Å². The molecule has 0 heteroatoms. The van der Waals surface area contributed by atoms with E-state index in [-0.39, 0.29) is 10.8 Å². The van der Waals surface area contributed by atoms with E-state index in [2.05, 4.69) is 101 Å². The fraction of sp³-hybridized carbons (Fsp3) is 0.628. The van der Waals surface area contributed by atoms with E-state index in [1.54, 1.807) is 22.3 Å². The van der Waals surface area contributed by atoms with Gasteiger partial charge in [0, 0.05) is 10.8 Å². The number of hydrogen-bond donors (Lipinski definition) is 0. The van der Waals surface area contributed by atoms with Crippen LogP contribution < -0.4 is 0 Å². The Hall–Kier alpha value is -2.08. The van der Waals surface area contributed by atoms with Crippen LogP contribution in [-0.4, -0.2) is 0 Å². The van der Waals surface area contributed by atoms with Gasteiger partial charge in [-0.15, -0.1) is 0 Å². The highest BCUT2D eigenvalue weighted by Gasteiger charge is 2.57. The first-order valence-electron chi connectivity index (χ1n) is 18.6. The van der Waals surface area contributed by atoms with E-state index in [0.29, 0.717) is 11.8 Å². The molecule has 43 heavy (non-hydrogen) atoms. The zero-order chi connectivity index (χ0) is 30.4. The standard InChI is InChI=1S/C43H64/c1-5-8-11-24-35-42(34-10-7-3,38-27-16-12-17-28-38)43(39-29-18-13-19-30-39,40-31-20-14-21-32-40)36(4)41(33-15-9-6-2)37-25-22-23-26-37/h12-13,15-19,27-30,33,37,40H,5-11,14,20-26,31-32,34-35H2,1-4H3. The van der Waals surface area contributed by atoms with Crippen molar-refractivity contribution >= 4 is 0 Å². The SMILES string of the molecule is CCCC=CC(=C(C)C(c1ccccc1)(C1CCCCC1)C(CCCC)(CCCCCC)c1ccccc1)C1CCCC1. The lowest BCUT2D eigenvalue weighted by Crippen LogP contribution is -2.56. The largest absolute Gasteiger partial charge is 0.0843 e. The van der Waals surface area contributed by atoms with Crippen LogP contribution in [0.3, 0.4) is 0 Å². The van der Waals surface area contributed by atoms with Gasteiger partial charge in [0.05, 0.1) is 0 Å². The number of benzene rings is 2. The van der Waals surface area contributed by atoms with Gasteiger partial charge in [-0.05, 0) is 80.4 Å². The molecule has 2 aliphatic carbocycles. The average molecular weight is 581 g/mol. The highest BCUT2D eigenvalue weighted by molar-refractivity contribution is 5.51. The molecule has 2 aliphatic rings. The van der Waals surface area contributed by atoms with Crippen LogP contribution in [0.2, 0.25) is 0 Å². The van der Waals surface area contributed by atoms with Gasteiger partial charge in [0.25, 0.3) is 0 Å². The van der Waals surface area contributed by atoms with Crippen LogP contribution in [0.25, 0.3) is 0 Å². The summed E-state index contributed by atoms with van der Waals surface area (Å²) in [6, 6.07) is 24.1. The van der Waals surface area contributed by atoms with Crippen molar-refractivity contribution in [1.82, 2.24) is 0 Å². The molecule has 0 heterocycles. The minimum Gasteiger partial charge on any atom is -0.0843 e. The quantitative estimate of drug-likeness (QED) is 0.129. The highest BCUT2D eigenvalue weighted by atomic mass is 14.6. The molecule has 0 nitrogen and oxygen atoms in total.